The van der Waals surface area contributed by atoms with Gasteiger partial charge >= 0.3 is 0 Å². The van der Waals surface area contributed by atoms with E-state index in [1.807, 2.05) is 36.9 Å². The van der Waals surface area contributed by atoms with E-state index in [0.29, 0.717) is 11.3 Å². The zero-order chi connectivity index (χ0) is 21.9. The van der Waals surface area contributed by atoms with Gasteiger partial charge in [0, 0.05) is 54.2 Å². The Morgan fingerprint density at radius 3 is 2.62 bits per heavy atom. The molecule has 0 atom stereocenters. The van der Waals surface area contributed by atoms with Gasteiger partial charge in [-0.2, -0.15) is 0 Å². The van der Waals surface area contributed by atoms with Crippen LogP contribution in [0.5, 0.6) is 0 Å². The van der Waals surface area contributed by atoms with Crippen molar-refractivity contribution in [3.63, 3.8) is 0 Å². The summed E-state index contributed by atoms with van der Waals surface area (Å²) in [6.07, 6.45) is 15.4. The lowest BCUT2D eigenvalue weighted by molar-refractivity contribution is -0.123. The molecule has 1 aliphatic carbocycles. The maximum atomic E-state index is 12.9. The Bertz CT molecular complexity index is 1150. The normalized spacial score (nSPS) is 17.8. The summed E-state index contributed by atoms with van der Waals surface area (Å²) in [5, 5.41) is 6.97. The van der Waals surface area contributed by atoms with Crippen molar-refractivity contribution in [2.45, 2.75) is 64.1 Å². The van der Waals surface area contributed by atoms with Gasteiger partial charge in [0.15, 0.2) is 0 Å². The fourth-order valence-electron chi connectivity index (χ4n) is 4.95. The van der Waals surface area contributed by atoms with Crippen molar-refractivity contribution in [2.75, 3.05) is 0 Å². The Hall–Kier alpha value is -3.35. The molecular weight excluding hydrogens is 402 g/mol. The van der Waals surface area contributed by atoms with Crippen LogP contribution in [-0.2, 0) is 22.7 Å². The summed E-state index contributed by atoms with van der Waals surface area (Å²) >= 11 is 0. The molecule has 1 aromatic carbocycles. The predicted octanol–water partition coefficient (Wildman–Crippen LogP) is 3.61. The number of benzene rings is 1. The van der Waals surface area contributed by atoms with Gasteiger partial charge in [-0.1, -0.05) is 43.9 Å². The number of aryl methyl sites for hydroxylation is 2. The Labute approximate surface area is 187 Å². The number of hydrogen-bond donors (Lipinski definition) is 2. The smallest absolute Gasteiger partial charge is 0.275 e. The number of nitrogens with one attached hydrogen (secondary N) is 2. The number of para-hydroxylation sites is 1. The second-order valence-corrected chi connectivity index (χ2v) is 8.77. The van der Waals surface area contributed by atoms with Crippen LogP contribution in [-0.4, -0.2) is 32.0 Å². The lowest BCUT2D eigenvalue weighted by Gasteiger charge is -2.18. The van der Waals surface area contributed by atoms with Crippen LogP contribution in [0.15, 0.2) is 54.9 Å². The molecule has 1 aliphatic heterocycles. The number of aromatic nitrogens is 3. The van der Waals surface area contributed by atoms with E-state index in [1.165, 1.54) is 12.8 Å². The van der Waals surface area contributed by atoms with Crippen molar-refractivity contribution in [3.05, 3.63) is 60.4 Å². The van der Waals surface area contributed by atoms with E-state index in [-0.39, 0.29) is 17.9 Å². The maximum Gasteiger partial charge on any atom is 0.275 e. The maximum absolute atomic E-state index is 12.9. The largest absolute Gasteiger partial charge is 0.377 e. The molecule has 3 aromatic rings. The summed E-state index contributed by atoms with van der Waals surface area (Å²) in [5.41, 5.74) is 2.80. The van der Waals surface area contributed by atoms with Crippen LogP contribution in [0.1, 0.15) is 50.5 Å². The zero-order valence-corrected chi connectivity index (χ0v) is 18.2. The van der Waals surface area contributed by atoms with Crippen molar-refractivity contribution in [2.24, 2.45) is 0 Å². The fraction of sp³-hybridized carbons (Fsp3) is 0.400. The molecule has 1 saturated carbocycles. The quantitative estimate of drug-likeness (QED) is 0.442. The second-order valence-electron chi connectivity index (χ2n) is 8.77. The van der Waals surface area contributed by atoms with Gasteiger partial charge < -0.3 is 14.5 Å². The summed E-state index contributed by atoms with van der Waals surface area (Å²) < 4.78 is 4.25. The number of imidazole rings is 1. The van der Waals surface area contributed by atoms with Crippen LogP contribution < -0.4 is 10.6 Å². The lowest BCUT2D eigenvalue weighted by Crippen LogP contribution is -2.33. The number of carbonyl (C=O) groups excluding carboxylic acids is 2. The van der Waals surface area contributed by atoms with Crippen LogP contribution >= 0.6 is 0 Å². The van der Waals surface area contributed by atoms with Crippen molar-refractivity contribution >= 4 is 28.3 Å². The van der Waals surface area contributed by atoms with E-state index in [4.69, 9.17) is 0 Å². The molecule has 0 unspecified atom stereocenters. The van der Waals surface area contributed by atoms with Gasteiger partial charge in [0.2, 0.25) is 0 Å². The third-order valence-electron chi connectivity index (χ3n) is 6.57. The average Bonchev–Trinajstić information content (AvgIpc) is 3.43. The first-order valence-corrected chi connectivity index (χ1v) is 11.6. The van der Waals surface area contributed by atoms with Gasteiger partial charge in [0.05, 0.1) is 11.9 Å². The van der Waals surface area contributed by atoms with E-state index >= 15 is 0 Å². The Morgan fingerprint density at radius 2 is 1.84 bits per heavy atom. The standard InChI is InChI=1S/C25H29N5O2/c31-24-22(23(25(32)28-24)27-18-8-3-1-2-4-9-18)20-16-30(21-11-6-5-10-19(20)21)14-7-13-29-15-12-26-17-29/h5-6,10-12,15-18H,1-4,7-9,13-14H2,(H2,27,28,31,32). The molecule has 2 N–H and O–H groups in total. The van der Waals surface area contributed by atoms with Gasteiger partial charge in [-0.15, -0.1) is 0 Å². The topological polar surface area (TPSA) is 81.0 Å². The number of rotatable bonds is 7. The molecular formula is C25H29N5O2. The van der Waals surface area contributed by atoms with Crippen LogP contribution in [0.3, 0.4) is 0 Å². The Balaban J connectivity index is 1.47. The molecule has 0 radical (unpaired) electrons. The lowest BCUT2D eigenvalue weighted by atomic mass is 10.0. The van der Waals surface area contributed by atoms with E-state index in [0.717, 1.165) is 61.7 Å². The Morgan fingerprint density at radius 1 is 1.03 bits per heavy atom. The summed E-state index contributed by atoms with van der Waals surface area (Å²) in [6, 6.07) is 8.34. The van der Waals surface area contributed by atoms with E-state index in [9.17, 15) is 9.59 Å². The second kappa shape index (κ2) is 9.02. The molecule has 0 saturated heterocycles. The minimum absolute atomic E-state index is 0.239. The summed E-state index contributed by atoms with van der Waals surface area (Å²) in [6.45, 7) is 1.69. The summed E-state index contributed by atoms with van der Waals surface area (Å²) in [4.78, 5) is 29.7. The molecule has 0 bridgehead atoms. The van der Waals surface area contributed by atoms with Gasteiger partial charge in [-0.25, -0.2) is 4.98 Å². The van der Waals surface area contributed by atoms with Crippen LogP contribution in [0, 0.1) is 0 Å². The first-order valence-electron chi connectivity index (χ1n) is 11.6. The SMILES string of the molecule is O=C1NC(=O)C(c2cn(CCCn3ccnc3)c3ccccc23)=C1NC1CCCCCC1. The van der Waals surface area contributed by atoms with Crippen LogP contribution in [0.25, 0.3) is 16.5 Å². The minimum atomic E-state index is -0.314. The van der Waals surface area contributed by atoms with Crippen LogP contribution in [0.2, 0.25) is 0 Å². The van der Waals surface area contributed by atoms with Gasteiger partial charge in [-0.3, -0.25) is 14.9 Å². The number of carbonyl (C=O) groups is 2. The Kier molecular flexibility index (Phi) is 5.79. The molecule has 166 valence electrons. The summed E-state index contributed by atoms with van der Waals surface area (Å²) in [7, 11) is 0. The highest BCUT2D eigenvalue weighted by Gasteiger charge is 2.34. The van der Waals surface area contributed by atoms with E-state index in [1.54, 1.807) is 6.20 Å². The monoisotopic (exact) mass is 431 g/mol. The molecule has 32 heavy (non-hydrogen) atoms. The highest BCUT2D eigenvalue weighted by atomic mass is 16.2. The summed E-state index contributed by atoms with van der Waals surface area (Å²) in [5.74, 6) is -0.626. The van der Waals surface area contributed by atoms with Crippen molar-refractivity contribution < 1.29 is 9.59 Å². The molecule has 3 heterocycles. The van der Waals surface area contributed by atoms with Crippen LogP contribution in [0.4, 0.5) is 0 Å². The van der Waals surface area contributed by atoms with E-state index in [2.05, 4.69) is 30.8 Å². The first-order chi connectivity index (χ1) is 15.7. The molecule has 7 nitrogen and oxygen atoms in total. The van der Waals surface area contributed by atoms with Gasteiger partial charge in [0.25, 0.3) is 11.8 Å². The molecule has 7 heteroatoms. The van der Waals surface area contributed by atoms with Crippen molar-refractivity contribution in [1.82, 2.24) is 24.8 Å². The number of hydrogen-bond acceptors (Lipinski definition) is 4. The number of nitrogens with zero attached hydrogens (tertiary/aromatic N) is 3. The number of fused-ring (bicyclic) bond motifs is 1. The van der Waals surface area contributed by atoms with Crippen molar-refractivity contribution in [3.8, 4) is 0 Å². The van der Waals surface area contributed by atoms with Gasteiger partial charge in [0.1, 0.15) is 5.70 Å². The molecule has 0 spiro atoms. The zero-order valence-electron chi connectivity index (χ0n) is 18.2. The number of amides is 2. The molecule has 5 rings (SSSR count). The highest BCUT2D eigenvalue weighted by Crippen LogP contribution is 2.32. The molecule has 2 aromatic heterocycles. The van der Waals surface area contributed by atoms with E-state index < -0.39 is 0 Å². The molecule has 2 aliphatic rings. The highest BCUT2D eigenvalue weighted by molar-refractivity contribution is 6.37. The minimum Gasteiger partial charge on any atom is -0.377 e. The van der Waals surface area contributed by atoms with Gasteiger partial charge in [-0.05, 0) is 25.3 Å². The molecule has 2 amide bonds. The average molecular weight is 432 g/mol. The number of imide groups is 1. The third-order valence-corrected chi connectivity index (χ3v) is 6.57. The third kappa shape index (κ3) is 4.07. The first kappa shape index (κ1) is 20.5. The predicted molar refractivity (Wildman–Crippen MR) is 123 cm³/mol. The molecule has 1 fully saturated rings. The van der Waals surface area contributed by atoms with Crippen molar-refractivity contribution in [1.29, 1.82) is 0 Å². The fourth-order valence-corrected chi connectivity index (χ4v) is 4.95.